The first-order valence-electron chi connectivity index (χ1n) is 10.6. The molecule has 4 rings (SSSR count). The van der Waals surface area contributed by atoms with Crippen molar-refractivity contribution in [3.05, 3.63) is 77.5 Å². The summed E-state index contributed by atoms with van der Waals surface area (Å²) >= 11 is 1.61. The number of ether oxygens (including phenoxy) is 2. The van der Waals surface area contributed by atoms with Gasteiger partial charge in [-0.25, -0.2) is 9.97 Å². The van der Waals surface area contributed by atoms with Gasteiger partial charge in [0.2, 0.25) is 0 Å². The molecule has 164 valence electrons. The summed E-state index contributed by atoms with van der Waals surface area (Å²) in [6, 6.07) is 19.5. The number of hydrogen-bond acceptors (Lipinski definition) is 7. The van der Waals surface area contributed by atoms with E-state index >= 15 is 0 Å². The Labute approximate surface area is 191 Å². The first-order chi connectivity index (χ1) is 15.6. The maximum atomic E-state index is 13.0. The normalized spacial score (nSPS) is 14.8. The Hall–Kier alpha value is -3.19. The van der Waals surface area contributed by atoms with E-state index in [2.05, 4.69) is 0 Å². The van der Waals surface area contributed by atoms with Gasteiger partial charge in [-0.1, -0.05) is 60.7 Å². The van der Waals surface area contributed by atoms with E-state index in [1.807, 2.05) is 60.7 Å². The Morgan fingerprint density at radius 2 is 1.53 bits per heavy atom. The smallest absolute Gasteiger partial charge is 0.326 e. The molecule has 1 aromatic heterocycles. The standard InChI is InChI=1S/C25H24N2O4S/c1-3-30-24(28)20(25(29)31-4-2)21-19-18(16-11-7-5-8-12-16)15-32-23(19)27-22(26-21)17-13-9-6-10-14-17/h5-14,18,20H,3-4,15H2,1-2H3. The summed E-state index contributed by atoms with van der Waals surface area (Å²) in [5.74, 6) is -1.40. The van der Waals surface area contributed by atoms with Crippen LogP contribution in [0.15, 0.2) is 65.7 Å². The fraction of sp³-hybridized carbons (Fsp3) is 0.280. The fourth-order valence-electron chi connectivity index (χ4n) is 3.80. The number of nitrogens with zero attached hydrogens (tertiary/aromatic N) is 2. The van der Waals surface area contributed by atoms with Crippen molar-refractivity contribution in [2.45, 2.75) is 30.7 Å². The quantitative estimate of drug-likeness (QED) is 0.297. The molecule has 2 aromatic carbocycles. The summed E-state index contributed by atoms with van der Waals surface area (Å²) in [5, 5.41) is 0.779. The van der Waals surface area contributed by atoms with Crippen molar-refractivity contribution in [3.63, 3.8) is 0 Å². The predicted molar refractivity (Wildman–Crippen MR) is 122 cm³/mol. The minimum absolute atomic E-state index is 0.0395. The van der Waals surface area contributed by atoms with Gasteiger partial charge in [0.15, 0.2) is 11.7 Å². The van der Waals surface area contributed by atoms with Crippen LogP contribution in [0.4, 0.5) is 0 Å². The second kappa shape index (κ2) is 9.96. The molecule has 7 heteroatoms. The molecule has 1 atom stereocenters. The van der Waals surface area contributed by atoms with Crippen LogP contribution < -0.4 is 0 Å². The first kappa shape index (κ1) is 22.0. The Kier molecular flexibility index (Phi) is 6.85. The molecule has 0 spiro atoms. The summed E-state index contributed by atoms with van der Waals surface area (Å²) in [6.07, 6.45) is 0. The molecule has 0 saturated carbocycles. The second-order valence-corrected chi connectivity index (χ2v) is 8.24. The second-order valence-electron chi connectivity index (χ2n) is 7.23. The molecule has 0 saturated heterocycles. The van der Waals surface area contributed by atoms with Crippen molar-refractivity contribution in [2.24, 2.45) is 0 Å². The number of fused-ring (bicyclic) bond motifs is 1. The van der Waals surface area contributed by atoms with Crippen LogP contribution in [0.1, 0.15) is 42.5 Å². The molecule has 1 aliphatic rings. The third kappa shape index (κ3) is 4.39. The van der Waals surface area contributed by atoms with Crippen LogP contribution in [-0.2, 0) is 19.1 Å². The maximum absolute atomic E-state index is 13.0. The predicted octanol–water partition coefficient (Wildman–Crippen LogP) is 4.59. The molecule has 0 N–H and O–H groups in total. The van der Waals surface area contributed by atoms with Gasteiger partial charge < -0.3 is 9.47 Å². The zero-order chi connectivity index (χ0) is 22.5. The van der Waals surface area contributed by atoms with Crippen LogP contribution in [0, 0.1) is 0 Å². The highest BCUT2D eigenvalue weighted by molar-refractivity contribution is 7.99. The lowest BCUT2D eigenvalue weighted by molar-refractivity contribution is -0.157. The molecule has 6 nitrogen and oxygen atoms in total. The maximum Gasteiger partial charge on any atom is 0.326 e. The van der Waals surface area contributed by atoms with Crippen LogP contribution in [0.5, 0.6) is 0 Å². The van der Waals surface area contributed by atoms with E-state index in [-0.39, 0.29) is 19.1 Å². The number of carbonyl (C=O) groups is 2. The number of rotatable bonds is 7. The Morgan fingerprint density at radius 3 is 2.12 bits per heavy atom. The third-order valence-corrected chi connectivity index (χ3v) is 6.31. The van der Waals surface area contributed by atoms with Gasteiger partial charge in [-0.05, 0) is 19.4 Å². The summed E-state index contributed by atoms with van der Waals surface area (Å²) in [5.41, 5.74) is 3.06. The number of carbonyl (C=O) groups excluding carboxylic acids is 2. The number of benzene rings is 2. The van der Waals surface area contributed by atoms with E-state index in [1.165, 1.54) is 0 Å². The fourth-order valence-corrected chi connectivity index (χ4v) is 5.04. The van der Waals surface area contributed by atoms with Crippen LogP contribution in [0.25, 0.3) is 11.4 Å². The van der Waals surface area contributed by atoms with Crippen molar-refractivity contribution in [2.75, 3.05) is 19.0 Å². The molecule has 32 heavy (non-hydrogen) atoms. The van der Waals surface area contributed by atoms with E-state index in [4.69, 9.17) is 19.4 Å². The van der Waals surface area contributed by atoms with Gasteiger partial charge in [-0.2, -0.15) is 0 Å². The molecule has 1 aliphatic heterocycles. The topological polar surface area (TPSA) is 78.4 Å². The van der Waals surface area contributed by atoms with E-state index in [0.717, 1.165) is 27.5 Å². The highest BCUT2D eigenvalue weighted by Gasteiger charge is 2.40. The SMILES string of the molecule is CCOC(=O)C(C(=O)OCC)c1nc(-c2ccccc2)nc2c1C(c1ccccc1)CS2. The van der Waals surface area contributed by atoms with Gasteiger partial charge in [0, 0.05) is 22.8 Å². The molecule has 3 aromatic rings. The zero-order valence-electron chi connectivity index (χ0n) is 18.0. The Bertz CT molecular complexity index is 1090. The van der Waals surface area contributed by atoms with Crippen molar-refractivity contribution in [1.82, 2.24) is 9.97 Å². The highest BCUT2D eigenvalue weighted by Crippen LogP contribution is 2.46. The zero-order valence-corrected chi connectivity index (χ0v) is 18.8. The molecule has 2 heterocycles. The van der Waals surface area contributed by atoms with Gasteiger partial charge in [0.25, 0.3) is 0 Å². The average Bonchev–Trinajstić information content (AvgIpc) is 3.25. The van der Waals surface area contributed by atoms with Gasteiger partial charge in [0.1, 0.15) is 5.03 Å². The minimum Gasteiger partial charge on any atom is -0.465 e. The lowest BCUT2D eigenvalue weighted by atomic mass is 9.88. The van der Waals surface area contributed by atoms with Gasteiger partial charge in [-0.3, -0.25) is 9.59 Å². The van der Waals surface area contributed by atoms with Crippen LogP contribution in [-0.4, -0.2) is 40.9 Å². The minimum atomic E-state index is -1.26. The summed E-state index contributed by atoms with van der Waals surface area (Å²) < 4.78 is 10.5. The van der Waals surface area contributed by atoms with Crippen LogP contribution in [0.3, 0.4) is 0 Å². The van der Waals surface area contributed by atoms with Crippen molar-refractivity contribution in [3.8, 4) is 11.4 Å². The molecular weight excluding hydrogens is 424 g/mol. The number of thioether (sulfide) groups is 1. The summed E-state index contributed by atoms with van der Waals surface area (Å²) in [7, 11) is 0. The molecule has 0 radical (unpaired) electrons. The van der Waals surface area contributed by atoms with Gasteiger partial charge in [-0.15, -0.1) is 11.8 Å². The molecule has 0 amide bonds. The van der Waals surface area contributed by atoms with Crippen LogP contribution >= 0.6 is 11.8 Å². The third-order valence-electron chi connectivity index (χ3n) is 5.23. The molecular formula is C25H24N2O4S. The van der Waals surface area contributed by atoms with Gasteiger partial charge in [0.05, 0.1) is 18.9 Å². The van der Waals surface area contributed by atoms with Crippen molar-refractivity contribution in [1.29, 1.82) is 0 Å². The largest absolute Gasteiger partial charge is 0.465 e. The lowest BCUT2D eigenvalue weighted by Crippen LogP contribution is -2.29. The summed E-state index contributed by atoms with van der Waals surface area (Å²) in [6.45, 7) is 3.74. The number of aromatic nitrogens is 2. The van der Waals surface area contributed by atoms with E-state index in [0.29, 0.717) is 11.5 Å². The number of esters is 2. The highest BCUT2D eigenvalue weighted by atomic mass is 32.2. The average molecular weight is 449 g/mol. The van der Waals surface area contributed by atoms with Crippen LogP contribution in [0.2, 0.25) is 0 Å². The lowest BCUT2D eigenvalue weighted by Gasteiger charge is -2.20. The van der Waals surface area contributed by atoms with Crippen molar-refractivity contribution < 1.29 is 19.1 Å². The molecule has 0 aliphatic carbocycles. The number of hydrogen-bond donors (Lipinski definition) is 0. The molecule has 0 bridgehead atoms. The Balaban J connectivity index is 1.92. The van der Waals surface area contributed by atoms with E-state index in [9.17, 15) is 9.59 Å². The van der Waals surface area contributed by atoms with Crippen molar-refractivity contribution >= 4 is 23.7 Å². The summed E-state index contributed by atoms with van der Waals surface area (Å²) in [4.78, 5) is 35.5. The van der Waals surface area contributed by atoms with E-state index in [1.54, 1.807) is 25.6 Å². The molecule has 1 unspecified atom stereocenters. The first-order valence-corrected chi connectivity index (χ1v) is 11.6. The van der Waals surface area contributed by atoms with Gasteiger partial charge >= 0.3 is 11.9 Å². The monoisotopic (exact) mass is 448 g/mol. The Morgan fingerprint density at radius 1 is 0.938 bits per heavy atom. The van der Waals surface area contributed by atoms with E-state index < -0.39 is 17.9 Å². The molecule has 0 fully saturated rings.